The van der Waals surface area contributed by atoms with Crippen LogP contribution in [0.3, 0.4) is 0 Å². The fourth-order valence-electron chi connectivity index (χ4n) is 2.38. The van der Waals surface area contributed by atoms with E-state index in [1.165, 1.54) is 0 Å². The first-order chi connectivity index (χ1) is 14.7. The second-order valence-corrected chi connectivity index (χ2v) is 8.79. The van der Waals surface area contributed by atoms with Crippen molar-refractivity contribution in [3.63, 3.8) is 0 Å². The van der Waals surface area contributed by atoms with Crippen LogP contribution < -0.4 is 0 Å². The van der Waals surface area contributed by atoms with E-state index in [4.69, 9.17) is 66.5 Å². The zero-order chi connectivity index (χ0) is 22.8. The van der Waals surface area contributed by atoms with Crippen molar-refractivity contribution < 1.29 is 15.0 Å². The molecule has 0 saturated heterocycles. The van der Waals surface area contributed by atoms with E-state index in [-0.39, 0.29) is 6.10 Å². The average molecular weight is 525 g/mol. The van der Waals surface area contributed by atoms with Crippen LogP contribution in [0, 0.1) is 10.1 Å². The summed E-state index contributed by atoms with van der Waals surface area (Å²) in [4.78, 5) is 13.5. The normalized spacial score (nSPS) is 11.5. The van der Waals surface area contributed by atoms with E-state index in [1.54, 1.807) is 36.4 Å². The molecule has 31 heavy (non-hydrogen) atoms. The van der Waals surface area contributed by atoms with Crippen molar-refractivity contribution in [1.82, 2.24) is 9.55 Å². The molecule has 0 saturated carbocycles. The second kappa shape index (κ2) is 13.0. The van der Waals surface area contributed by atoms with Crippen molar-refractivity contribution in [2.45, 2.75) is 24.2 Å². The number of ether oxygens (including phenoxy) is 1. The van der Waals surface area contributed by atoms with Gasteiger partial charge in [-0.3, -0.25) is 0 Å². The Labute approximate surface area is 203 Å². The van der Waals surface area contributed by atoms with Crippen LogP contribution in [0.25, 0.3) is 0 Å². The van der Waals surface area contributed by atoms with E-state index in [0.717, 1.165) is 16.2 Å². The lowest BCUT2D eigenvalue weighted by Crippen LogP contribution is -2.22. The van der Waals surface area contributed by atoms with Crippen molar-refractivity contribution in [3.8, 4) is 0 Å². The van der Waals surface area contributed by atoms with Crippen LogP contribution in [0.1, 0.15) is 5.56 Å². The van der Waals surface area contributed by atoms with Crippen molar-refractivity contribution in [1.29, 1.82) is 0 Å². The average Bonchev–Trinajstić information content (AvgIpc) is 3.22. The zero-order valence-electron chi connectivity index (χ0n) is 15.8. The molecule has 7 nitrogen and oxygen atoms in total. The molecule has 166 valence electrons. The maximum Gasteiger partial charge on any atom is 0.291 e. The van der Waals surface area contributed by atoms with E-state index in [2.05, 4.69) is 4.98 Å². The molecule has 0 radical (unpaired) electrons. The Balaban J connectivity index is 0.000000785. The smallest absolute Gasteiger partial charge is 0.291 e. The Kier molecular flexibility index (Phi) is 10.7. The second-order valence-electron chi connectivity index (χ2n) is 6.07. The molecule has 1 aromatic heterocycles. The minimum Gasteiger partial charge on any atom is -0.371 e. The Bertz CT molecular complexity index is 933. The van der Waals surface area contributed by atoms with Gasteiger partial charge in [-0.2, -0.15) is 0 Å². The van der Waals surface area contributed by atoms with Crippen LogP contribution in [0.15, 0.2) is 60.0 Å². The lowest BCUT2D eigenvalue weighted by atomic mass is 10.2. The van der Waals surface area contributed by atoms with Gasteiger partial charge in [-0.15, -0.1) is 21.9 Å². The highest BCUT2D eigenvalue weighted by Gasteiger charge is 2.13. The molecule has 0 spiro atoms. The first kappa shape index (κ1) is 25.6. The Morgan fingerprint density at radius 2 is 1.74 bits per heavy atom. The van der Waals surface area contributed by atoms with Crippen molar-refractivity contribution >= 4 is 58.2 Å². The number of halogens is 4. The van der Waals surface area contributed by atoms with Gasteiger partial charge in [0.05, 0.1) is 45.7 Å². The molecule has 12 heteroatoms. The summed E-state index contributed by atoms with van der Waals surface area (Å²) in [5.41, 5.74) is 0.972. The number of rotatable bonds is 8. The first-order valence-electron chi connectivity index (χ1n) is 8.67. The van der Waals surface area contributed by atoms with Crippen molar-refractivity contribution in [2.24, 2.45) is 0 Å². The van der Waals surface area contributed by atoms with Crippen LogP contribution in [0.2, 0.25) is 20.1 Å². The fraction of sp³-hybridized carbons (Fsp3) is 0.211. The predicted octanol–water partition coefficient (Wildman–Crippen LogP) is 6.53. The third-order valence-electron chi connectivity index (χ3n) is 3.77. The number of benzene rings is 2. The largest absolute Gasteiger partial charge is 0.371 e. The van der Waals surface area contributed by atoms with Gasteiger partial charge in [0.1, 0.15) is 0 Å². The summed E-state index contributed by atoms with van der Waals surface area (Å²) in [6.07, 6.45) is 5.41. The first-order valence-corrected chi connectivity index (χ1v) is 11.2. The lowest BCUT2D eigenvalue weighted by molar-refractivity contribution is -0.742. The van der Waals surface area contributed by atoms with E-state index in [1.807, 2.05) is 35.0 Å². The van der Waals surface area contributed by atoms with Gasteiger partial charge in [0.2, 0.25) is 0 Å². The lowest BCUT2D eigenvalue weighted by Gasteiger charge is -2.19. The molecule has 1 heterocycles. The van der Waals surface area contributed by atoms with E-state index in [0.29, 0.717) is 33.2 Å². The Morgan fingerprint density at radius 1 is 1.10 bits per heavy atom. The molecule has 0 bridgehead atoms. The summed E-state index contributed by atoms with van der Waals surface area (Å²) >= 11 is 25.8. The highest BCUT2D eigenvalue weighted by molar-refractivity contribution is 7.99. The van der Waals surface area contributed by atoms with E-state index >= 15 is 0 Å². The van der Waals surface area contributed by atoms with Crippen LogP contribution in [0.4, 0.5) is 0 Å². The third-order valence-corrected chi connectivity index (χ3v) is 6.37. The summed E-state index contributed by atoms with van der Waals surface area (Å²) in [6.45, 7) is 1.13. The van der Waals surface area contributed by atoms with Gasteiger partial charge in [0.25, 0.3) is 5.09 Å². The Hall–Kier alpha value is -1.68. The molecule has 0 amide bonds. The summed E-state index contributed by atoms with van der Waals surface area (Å²) in [7, 11) is 0. The van der Waals surface area contributed by atoms with Crippen LogP contribution in [-0.2, 0) is 17.9 Å². The molecule has 0 aliphatic heterocycles. The van der Waals surface area contributed by atoms with Gasteiger partial charge in [0.15, 0.2) is 0 Å². The number of hydrogen-bond acceptors (Lipinski definition) is 5. The van der Waals surface area contributed by atoms with Crippen LogP contribution >= 0.6 is 58.2 Å². The standard InChI is InChI=1S/C19H16Cl4N2OS.HNO3/c20-16-3-1-13(7-18(16)22)10-26-14(9-25-6-5-24-12-25)11-27-15-2-4-17(21)19(23)8-15;2-1(3)4/h1-8,12,14H,9-11H2;(H,2,3,4). The molecule has 3 rings (SSSR count). The number of thioether (sulfide) groups is 1. The highest BCUT2D eigenvalue weighted by Crippen LogP contribution is 2.29. The van der Waals surface area contributed by atoms with Crippen molar-refractivity contribution in [3.05, 3.63) is 90.9 Å². The minimum atomic E-state index is -1.50. The Morgan fingerprint density at radius 3 is 2.32 bits per heavy atom. The van der Waals surface area contributed by atoms with Gasteiger partial charge in [0, 0.05) is 23.0 Å². The molecule has 0 fully saturated rings. The molecular formula is C19H17Cl4N3O4S. The maximum atomic E-state index is 8.36. The topological polar surface area (TPSA) is 90.4 Å². The third kappa shape index (κ3) is 9.55. The quantitative estimate of drug-likeness (QED) is 0.205. The molecule has 0 aliphatic rings. The van der Waals surface area contributed by atoms with Crippen LogP contribution in [0.5, 0.6) is 0 Å². The van der Waals surface area contributed by atoms with Gasteiger partial charge in [-0.1, -0.05) is 52.5 Å². The predicted molar refractivity (Wildman–Crippen MR) is 123 cm³/mol. The van der Waals surface area contributed by atoms with Crippen molar-refractivity contribution in [2.75, 3.05) is 5.75 Å². The molecular weight excluding hydrogens is 508 g/mol. The number of aromatic nitrogens is 2. The molecule has 1 unspecified atom stereocenters. The van der Waals surface area contributed by atoms with E-state index < -0.39 is 5.09 Å². The van der Waals surface area contributed by atoms with Gasteiger partial charge in [-0.05, 0) is 35.9 Å². The summed E-state index contributed by atoms with van der Waals surface area (Å²) < 4.78 is 8.14. The number of imidazole rings is 1. The molecule has 0 aliphatic carbocycles. The van der Waals surface area contributed by atoms with Crippen LogP contribution in [-0.4, -0.2) is 31.7 Å². The number of hydrogen-bond donors (Lipinski definition) is 1. The summed E-state index contributed by atoms with van der Waals surface area (Å²) in [5, 5.41) is 15.8. The molecule has 3 aromatic rings. The monoisotopic (exact) mass is 523 g/mol. The van der Waals surface area contributed by atoms with Gasteiger partial charge >= 0.3 is 0 Å². The molecule has 1 N–H and O–H groups in total. The minimum absolute atomic E-state index is 0.0342. The number of nitrogens with zero attached hydrogens (tertiary/aromatic N) is 3. The van der Waals surface area contributed by atoms with Gasteiger partial charge < -0.3 is 14.5 Å². The summed E-state index contributed by atoms with van der Waals surface area (Å²) in [5.74, 6) is 0.747. The van der Waals surface area contributed by atoms with Gasteiger partial charge in [-0.25, -0.2) is 4.98 Å². The fourth-order valence-corrected chi connectivity index (χ4v) is 4.01. The summed E-state index contributed by atoms with van der Waals surface area (Å²) in [6, 6.07) is 11.1. The zero-order valence-corrected chi connectivity index (χ0v) is 19.7. The maximum absolute atomic E-state index is 8.36. The highest BCUT2D eigenvalue weighted by atomic mass is 35.5. The molecule has 2 aromatic carbocycles. The molecule has 1 atom stereocenters. The SMILES string of the molecule is Clc1ccc(COC(CSc2ccc(Cl)c(Cl)c2)Cn2ccnc2)cc1Cl.O=[N+]([O-])O. The van der Waals surface area contributed by atoms with E-state index in [9.17, 15) is 0 Å².